The third kappa shape index (κ3) is 3.04. The first-order valence-corrected chi connectivity index (χ1v) is 7.75. The van der Waals surface area contributed by atoms with Crippen molar-refractivity contribution < 1.29 is 9.59 Å². The summed E-state index contributed by atoms with van der Waals surface area (Å²) in [6, 6.07) is 7.09. The molecule has 0 N–H and O–H groups in total. The summed E-state index contributed by atoms with van der Waals surface area (Å²) in [7, 11) is 1.64. The zero-order valence-electron chi connectivity index (χ0n) is 12.4. The maximum Gasteiger partial charge on any atom is 0.274 e. The molecule has 0 spiro atoms. The Hall–Kier alpha value is -2.05. The fraction of sp³-hybridized carbons (Fsp3) is 0.267. The molecule has 0 unspecified atom stereocenters. The van der Waals surface area contributed by atoms with E-state index in [1.165, 1.54) is 15.8 Å². The van der Waals surface area contributed by atoms with Crippen molar-refractivity contribution in [1.29, 1.82) is 0 Å². The Morgan fingerprint density at radius 2 is 2.04 bits per heavy atom. The molecule has 1 aliphatic rings. The average molecular weight is 353 g/mol. The van der Waals surface area contributed by atoms with Crippen LogP contribution in [0.2, 0.25) is 10.0 Å². The van der Waals surface area contributed by atoms with Crippen LogP contribution in [0.15, 0.2) is 30.5 Å². The van der Waals surface area contributed by atoms with E-state index in [-0.39, 0.29) is 29.1 Å². The number of halogens is 2. The smallest absolute Gasteiger partial charge is 0.274 e. The van der Waals surface area contributed by atoms with Crippen molar-refractivity contribution in [3.05, 3.63) is 46.2 Å². The van der Waals surface area contributed by atoms with Gasteiger partial charge in [-0.05, 0) is 18.2 Å². The van der Waals surface area contributed by atoms with Gasteiger partial charge in [0.25, 0.3) is 5.91 Å². The molecule has 0 atom stereocenters. The number of carbonyl (C=O) groups excluding carboxylic acids is 2. The summed E-state index contributed by atoms with van der Waals surface area (Å²) < 4.78 is 1.42. The molecular weight excluding hydrogens is 339 g/mol. The SMILES string of the molecule is Cn1ncc(Cl)c1C(=O)N1CCN(c2cccc(Cl)c2)C(=O)C1. The van der Waals surface area contributed by atoms with Crippen molar-refractivity contribution in [2.45, 2.75) is 0 Å². The zero-order chi connectivity index (χ0) is 16.6. The summed E-state index contributed by atoms with van der Waals surface area (Å²) >= 11 is 12.0. The Kier molecular flexibility index (Phi) is 4.28. The van der Waals surface area contributed by atoms with Gasteiger partial charge in [-0.15, -0.1) is 0 Å². The van der Waals surface area contributed by atoms with Crippen LogP contribution in [0.3, 0.4) is 0 Å². The molecule has 23 heavy (non-hydrogen) atoms. The molecule has 2 aromatic rings. The number of nitrogens with zero attached hydrogens (tertiary/aromatic N) is 4. The van der Waals surface area contributed by atoms with Crippen LogP contribution >= 0.6 is 23.2 Å². The van der Waals surface area contributed by atoms with Gasteiger partial charge in [-0.25, -0.2) is 0 Å². The van der Waals surface area contributed by atoms with Crippen molar-refractivity contribution in [2.75, 3.05) is 24.5 Å². The standard InChI is InChI=1S/C15H14Cl2N4O2/c1-19-14(12(17)8-18-19)15(23)20-5-6-21(13(22)9-20)11-4-2-3-10(16)7-11/h2-4,7-8H,5-6,9H2,1H3. The Morgan fingerprint density at radius 1 is 1.26 bits per heavy atom. The molecule has 1 aromatic heterocycles. The number of benzene rings is 1. The second-order valence-electron chi connectivity index (χ2n) is 5.22. The molecule has 1 saturated heterocycles. The molecule has 2 amide bonds. The van der Waals surface area contributed by atoms with Crippen molar-refractivity contribution in [1.82, 2.24) is 14.7 Å². The van der Waals surface area contributed by atoms with Crippen LogP contribution in [-0.4, -0.2) is 46.1 Å². The molecule has 0 aliphatic carbocycles. The highest BCUT2D eigenvalue weighted by Crippen LogP contribution is 2.23. The number of rotatable bonds is 2. The van der Waals surface area contributed by atoms with Crippen molar-refractivity contribution in [2.24, 2.45) is 7.05 Å². The lowest BCUT2D eigenvalue weighted by Crippen LogP contribution is -2.52. The maximum atomic E-state index is 12.5. The van der Waals surface area contributed by atoms with E-state index in [1.807, 2.05) is 6.07 Å². The van der Waals surface area contributed by atoms with E-state index in [0.29, 0.717) is 18.1 Å². The monoisotopic (exact) mass is 352 g/mol. The Morgan fingerprint density at radius 3 is 2.65 bits per heavy atom. The van der Waals surface area contributed by atoms with Gasteiger partial charge in [0.05, 0.1) is 11.2 Å². The number of hydrogen-bond donors (Lipinski definition) is 0. The number of amides is 2. The summed E-state index contributed by atoms with van der Waals surface area (Å²) in [5, 5.41) is 4.80. The van der Waals surface area contributed by atoms with E-state index >= 15 is 0 Å². The highest BCUT2D eigenvalue weighted by molar-refractivity contribution is 6.33. The van der Waals surface area contributed by atoms with Gasteiger partial charge in [-0.3, -0.25) is 14.3 Å². The zero-order valence-corrected chi connectivity index (χ0v) is 13.9. The molecule has 3 rings (SSSR count). The number of anilines is 1. The predicted molar refractivity (Wildman–Crippen MR) is 87.9 cm³/mol. The topological polar surface area (TPSA) is 58.4 Å². The first kappa shape index (κ1) is 15.8. The van der Waals surface area contributed by atoms with Crippen LogP contribution in [-0.2, 0) is 11.8 Å². The minimum absolute atomic E-state index is 0.00709. The molecule has 0 radical (unpaired) electrons. The largest absolute Gasteiger partial charge is 0.326 e. The molecule has 1 aromatic carbocycles. The maximum absolute atomic E-state index is 12.5. The summed E-state index contributed by atoms with van der Waals surface area (Å²) in [5.74, 6) is -0.459. The molecule has 120 valence electrons. The van der Waals surface area contributed by atoms with Gasteiger partial charge in [0.1, 0.15) is 12.2 Å². The van der Waals surface area contributed by atoms with E-state index in [1.54, 1.807) is 30.1 Å². The third-order valence-corrected chi connectivity index (χ3v) is 4.24. The number of piperazine rings is 1. The van der Waals surface area contributed by atoms with Gasteiger partial charge in [0, 0.05) is 30.8 Å². The van der Waals surface area contributed by atoms with Gasteiger partial charge in [0.2, 0.25) is 5.91 Å². The van der Waals surface area contributed by atoms with E-state index < -0.39 is 0 Å². The Bertz CT molecular complexity index is 755. The summed E-state index contributed by atoms with van der Waals surface area (Å²) in [5.41, 5.74) is 1.02. The van der Waals surface area contributed by atoms with Crippen molar-refractivity contribution in [3.8, 4) is 0 Å². The summed E-state index contributed by atoms with van der Waals surface area (Å²) in [6.07, 6.45) is 1.42. The minimum Gasteiger partial charge on any atom is -0.326 e. The first-order chi connectivity index (χ1) is 11.0. The van der Waals surface area contributed by atoms with Gasteiger partial charge < -0.3 is 9.80 Å². The fourth-order valence-corrected chi connectivity index (χ4v) is 3.00. The Labute approximate surface area is 143 Å². The first-order valence-electron chi connectivity index (χ1n) is 7.00. The van der Waals surface area contributed by atoms with Crippen molar-refractivity contribution >= 4 is 40.7 Å². The molecule has 8 heteroatoms. The van der Waals surface area contributed by atoms with Crippen LogP contribution in [0.25, 0.3) is 0 Å². The lowest BCUT2D eigenvalue weighted by molar-refractivity contribution is -0.120. The van der Waals surface area contributed by atoms with Crippen LogP contribution in [0.5, 0.6) is 0 Å². The lowest BCUT2D eigenvalue weighted by atomic mass is 10.2. The van der Waals surface area contributed by atoms with E-state index in [0.717, 1.165) is 5.69 Å². The quantitative estimate of drug-likeness (QED) is 0.832. The second kappa shape index (κ2) is 6.22. The van der Waals surface area contributed by atoms with Crippen LogP contribution in [0, 0.1) is 0 Å². The predicted octanol–water partition coefficient (Wildman–Crippen LogP) is 2.22. The number of aromatic nitrogens is 2. The molecule has 1 fully saturated rings. The lowest BCUT2D eigenvalue weighted by Gasteiger charge is -2.34. The highest BCUT2D eigenvalue weighted by Gasteiger charge is 2.30. The number of hydrogen-bond acceptors (Lipinski definition) is 3. The minimum atomic E-state index is -0.297. The molecule has 1 aliphatic heterocycles. The summed E-state index contributed by atoms with van der Waals surface area (Å²) in [4.78, 5) is 28.0. The van der Waals surface area contributed by atoms with Gasteiger partial charge in [-0.1, -0.05) is 29.3 Å². The van der Waals surface area contributed by atoms with E-state index in [4.69, 9.17) is 23.2 Å². The molecule has 0 bridgehead atoms. The van der Waals surface area contributed by atoms with Crippen LogP contribution in [0.1, 0.15) is 10.5 Å². The second-order valence-corrected chi connectivity index (χ2v) is 6.06. The van der Waals surface area contributed by atoms with E-state index in [2.05, 4.69) is 5.10 Å². The Balaban J connectivity index is 1.76. The summed E-state index contributed by atoms with van der Waals surface area (Å²) in [6.45, 7) is 0.811. The molecule has 0 saturated carbocycles. The fourth-order valence-electron chi connectivity index (χ4n) is 2.56. The average Bonchev–Trinajstić information content (AvgIpc) is 2.85. The highest BCUT2D eigenvalue weighted by atomic mass is 35.5. The third-order valence-electron chi connectivity index (χ3n) is 3.72. The molecular formula is C15H14Cl2N4O2. The number of aryl methyl sites for hydroxylation is 1. The van der Waals surface area contributed by atoms with Crippen molar-refractivity contribution in [3.63, 3.8) is 0 Å². The van der Waals surface area contributed by atoms with Gasteiger partial charge in [-0.2, -0.15) is 5.10 Å². The molecule has 6 nitrogen and oxygen atoms in total. The normalized spacial score (nSPS) is 15.2. The van der Waals surface area contributed by atoms with Crippen LogP contribution < -0.4 is 4.90 Å². The van der Waals surface area contributed by atoms with E-state index in [9.17, 15) is 9.59 Å². The van der Waals surface area contributed by atoms with Gasteiger partial charge in [0.15, 0.2) is 0 Å². The van der Waals surface area contributed by atoms with Crippen LogP contribution in [0.4, 0.5) is 5.69 Å². The molecule has 2 heterocycles. The van der Waals surface area contributed by atoms with Gasteiger partial charge >= 0.3 is 0 Å². The number of carbonyl (C=O) groups is 2.